The summed E-state index contributed by atoms with van der Waals surface area (Å²) in [6.45, 7) is 2.69. The topological polar surface area (TPSA) is 73.3 Å². The van der Waals surface area contributed by atoms with Crippen molar-refractivity contribution in [2.24, 2.45) is 0 Å². The van der Waals surface area contributed by atoms with Crippen LogP contribution in [0.5, 0.6) is 6.01 Å². The molecule has 0 aliphatic carbocycles. The molecule has 0 atom stereocenters. The smallest absolute Gasteiger partial charge is 0.338 e. The Kier molecular flexibility index (Phi) is 7.49. The molecule has 156 valence electrons. The molecule has 0 unspecified atom stereocenters. The van der Waals surface area contributed by atoms with Crippen molar-refractivity contribution in [1.29, 1.82) is 0 Å². The molecule has 0 saturated heterocycles. The van der Waals surface area contributed by atoms with Gasteiger partial charge in [0.25, 0.3) is 0 Å². The average Bonchev–Trinajstić information content (AvgIpc) is 2.75. The summed E-state index contributed by atoms with van der Waals surface area (Å²) in [7, 11) is 1.51. The van der Waals surface area contributed by atoms with Crippen molar-refractivity contribution in [2.75, 3.05) is 25.6 Å². The summed E-state index contributed by atoms with van der Waals surface area (Å²) < 4.78 is 10.3. The van der Waals surface area contributed by atoms with E-state index in [2.05, 4.69) is 15.3 Å². The lowest BCUT2D eigenvalue weighted by molar-refractivity contribution is 0.0526. The van der Waals surface area contributed by atoms with Crippen LogP contribution in [-0.2, 0) is 11.2 Å². The number of rotatable bonds is 8. The molecule has 0 radical (unpaired) electrons. The molecule has 1 N–H and O–H groups in total. The van der Waals surface area contributed by atoms with E-state index < -0.39 is 0 Å². The van der Waals surface area contributed by atoms with Crippen molar-refractivity contribution in [3.05, 3.63) is 69.7 Å². The number of nitrogens with one attached hydrogen (secondary N) is 1. The first kappa shape index (κ1) is 21.9. The van der Waals surface area contributed by atoms with E-state index in [4.69, 9.17) is 32.7 Å². The first-order valence-corrected chi connectivity index (χ1v) is 10.1. The number of methoxy groups -OCH3 is 1. The van der Waals surface area contributed by atoms with E-state index in [0.29, 0.717) is 46.7 Å². The van der Waals surface area contributed by atoms with Crippen LogP contribution in [0.25, 0.3) is 11.3 Å². The molecular formula is C22H21Cl2N3O3. The first-order chi connectivity index (χ1) is 14.5. The number of benzene rings is 2. The molecule has 0 saturated carbocycles. The normalized spacial score (nSPS) is 10.5. The summed E-state index contributed by atoms with van der Waals surface area (Å²) in [6.07, 6.45) is 0.690. The zero-order valence-electron chi connectivity index (χ0n) is 16.6. The van der Waals surface area contributed by atoms with E-state index in [9.17, 15) is 4.79 Å². The third-order valence-corrected chi connectivity index (χ3v) is 4.86. The first-order valence-electron chi connectivity index (χ1n) is 9.38. The van der Waals surface area contributed by atoms with Crippen molar-refractivity contribution in [1.82, 2.24) is 9.97 Å². The van der Waals surface area contributed by atoms with Gasteiger partial charge in [-0.3, -0.25) is 0 Å². The fraction of sp³-hybridized carbons (Fsp3) is 0.227. The Hall–Kier alpha value is -2.83. The Bertz CT molecular complexity index is 1040. The number of aromatic nitrogens is 2. The minimum Gasteiger partial charge on any atom is -0.467 e. The molecule has 3 rings (SSSR count). The van der Waals surface area contributed by atoms with Gasteiger partial charge in [0.1, 0.15) is 5.82 Å². The van der Waals surface area contributed by atoms with Crippen LogP contribution in [0.2, 0.25) is 10.0 Å². The minimum atomic E-state index is -0.376. The molecule has 0 spiro atoms. The molecule has 6 nitrogen and oxygen atoms in total. The highest BCUT2D eigenvalue weighted by molar-refractivity contribution is 6.35. The van der Waals surface area contributed by atoms with Crippen molar-refractivity contribution < 1.29 is 14.3 Å². The van der Waals surface area contributed by atoms with Gasteiger partial charge in [0.05, 0.1) is 25.0 Å². The number of carbonyl (C=O) groups is 1. The van der Waals surface area contributed by atoms with E-state index in [0.717, 1.165) is 11.1 Å². The standard InChI is InChI=1S/C22H21Cl2N3O3/c1-3-30-21(28)16-6-4-5-15(11-16)19-13-20(27-22(26-19)29-2)25-10-9-14-7-8-17(23)12-18(14)24/h4-8,11-13H,3,9-10H2,1-2H3,(H,25,26,27). The summed E-state index contributed by atoms with van der Waals surface area (Å²) in [6, 6.07) is 14.5. The third kappa shape index (κ3) is 5.62. The van der Waals surface area contributed by atoms with Crippen molar-refractivity contribution in [3.63, 3.8) is 0 Å². The highest BCUT2D eigenvalue weighted by Crippen LogP contribution is 2.24. The molecular weight excluding hydrogens is 425 g/mol. The second-order valence-electron chi connectivity index (χ2n) is 6.34. The number of ether oxygens (including phenoxy) is 2. The highest BCUT2D eigenvalue weighted by atomic mass is 35.5. The quantitative estimate of drug-likeness (QED) is 0.474. The Morgan fingerprint density at radius 3 is 2.67 bits per heavy atom. The van der Waals surface area contributed by atoms with E-state index in [1.165, 1.54) is 7.11 Å². The number of carbonyl (C=O) groups excluding carboxylic acids is 1. The lowest BCUT2D eigenvalue weighted by Gasteiger charge is -2.11. The van der Waals surface area contributed by atoms with Crippen LogP contribution in [0.3, 0.4) is 0 Å². The van der Waals surface area contributed by atoms with Gasteiger partial charge < -0.3 is 14.8 Å². The molecule has 3 aromatic rings. The summed E-state index contributed by atoms with van der Waals surface area (Å²) in [5.74, 6) is 0.224. The van der Waals surface area contributed by atoms with Crippen LogP contribution in [0.4, 0.5) is 5.82 Å². The zero-order valence-corrected chi connectivity index (χ0v) is 18.1. The zero-order chi connectivity index (χ0) is 21.5. The lowest BCUT2D eigenvalue weighted by atomic mass is 10.1. The highest BCUT2D eigenvalue weighted by Gasteiger charge is 2.11. The van der Waals surface area contributed by atoms with Crippen LogP contribution in [0, 0.1) is 0 Å². The molecule has 2 aromatic carbocycles. The monoisotopic (exact) mass is 445 g/mol. The maximum atomic E-state index is 12.0. The Balaban J connectivity index is 1.78. The second kappa shape index (κ2) is 10.3. The van der Waals surface area contributed by atoms with Gasteiger partial charge in [0.2, 0.25) is 0 Å². The number of hydrogen-bond acceptors (Lipinski definition) is 6. The summed E-state index contributed by atoms with van der Waals surface area (Å²) >= 11 is 12.2. The predicted octanol–water partition coefficient (Wildman–Crippen LogP) is 5.29. The van der Waals surface area contributed by atoms with E-state index in [1.807, 2.05) is 18.2 Å². The largest absolute Gasteiger partial charge is 0.467 e. The van der Waals surface area contributed by atoms with Gasteiger partial charge >= 0.3 is 12.0 Å². The maximum absolute atomic E-state index is 12.0. The third-order valence-electron chi connectivity index (χ3n) is 4.27. The molecule has 0 bridgehead atoms. The summed E-state index contributed by atoms with van der Waals surface area (Å²) in [5.41, 5.74) is 2.82. The van der Waals surface area contributed by atoms with Crippen molar-refractivity contribution in [2.45, 2.75) is 13.3 Å². The van der Waals surface area contributed by atoms with Crippen LogP contribution in [0.15, 0.2) is 48.5 Å². The van der Waals surface area contributed by atoms with Crippen molar-refractivity contribution >= 4 is 35.0 Å². The Morgan fingerprint density at radius 2 is 1.93 bits per heavy atom. The van der Waals surface area contributed by atoms with Gasteiger partial charge in [0, 0.05) is 28.2 Å². The average molecular weight is 446 g/mol. The Morgan fingerprint density at radius 1 is 1.10 bits per heavy atom. The van der Waals surface area contributed by atoms with Crippen LogP contribution >= 0.6 is 23.2 Å². The number of esters is 1. The van der Waals surface area contributed by atoms with Gasteiger partial charge in [-0.1, -0.05) is 41.4 Å². The van der Waals surface area contributed by atoms with Gasteiger partial charge in [-0.15, -0.1) is 0 Å². The Labute approximate surface area is 185 Å². The molecule has 8 heteroatoms. The van der Waals surface area contributed by atoms with E-state index in [-0.39, 0.29) is 12.0 Å². The molecule has 0 fully saturated rings. The number of halogens is 2. The van der Waals surface area contributed by atoms with Gasteiger partial charge in [0.15, 0.2) is 0 Å². The second-order valence-corrected chi connectivity index (χ2v) is 7.18. The lowest BCUT2D eigenvalue weighted by Crippen LogP contribution is -2.08. The van der Waals surface area contributed by atoms with Gasteiger partial charge in [-0.05, 0) is 43.2 Å². The fourth-order valence-electron chi connectivity index (χ4n) is 2.82. The predicted molar refractivity (Wildman–Crippen MR) is 119 cm³/mol. The molecule has 1 heterocycles. The molecule has 1 aromatic heterocycles. The van der Waals surface area contributed by atoms with Crippen molar-refractivity contribution in [3.8, 4) is 17.3 Å². The van der Waals surface area contributed by atoms with E-state index in [1.54, 1.807) is 37.3 Å². The molecule has 0 aliphatic rings. The minimum absolute atomic E-state index is 0.223. The molecule has 30 heavy (non-hydrogen) atoms. The van der Waals surface area contributed by atoms with Crippen LogP contribution in [0.1, 0.15) is 22.8 Å². The number of hydrogen-bond donors (Lipinski definition) is 1. The van der Waals surface area contributed by atoms with Gasteiger partial charge in [-0.25, -0.2) is 4.79 Å². The molecule has 0 aliphatic heterocycles. The van der Waals surface area contributed by atoms with Gasteiger partial charge in [-0.2, -0.15) is 9.97 Å². The number of anilines is 1. The maximum Gasteiger partial charge on any atom is 0.338 e. The summed E-state index contributed by atoms with van der Waals surface area (Å²) in [5, 5.41) is 4.49. The summed E-state index contributed by atoms with van der Waals surface area (Å²) in [4.78, 5) is 20.8. The van der Waals surface area contributed by atoms with Crippen LogP contribution < -0.4 is 10.1 Å². The number of nitrogens with zero attached hydrogens (tertiary/aromatic N) is 2. The van der Waals surface area contributed by atoms with Crippen LogP contribution in [-0.4, -0.2) is 36.2 Å². The molecule has 0 amide bonds. The fourth-order valence-corrected chi connectivity index (χ4v) is 3.33. The SMILES string of the molecule is CCOC(=O)c1cccc(-c2cc(NCCc3ccc(Cl)cc3Cl)nc(OC)n2)c1. The van der Waals surface area contributed by atoms with E-state index >= 15 is 0 Å².